The molecule has 2 saturated heterocycles. The van der Waals surface area contributed by atoms with Gasteiger partial charge in [-0.25, -0.2) is 0 Å². The van der Waals surface area contributed by atoms with Gasteiger partial charge in [-0.3, -0.25) is 14.6 Å². The summed E-state index contributed by atoms with van der Waals surface area (Å²) in [4.78, 5) is 16.3. The number of hydrogen-bond acceptors (Lipinski definition) is 7. The van der Waals surface area contributed by atoms with Gasteiger partial charge in [0, 0.05) is 71.5 Å². The van der Waals surface area contributed by atoms with Gasteiger partial charge >= 0.3 is 18.5 Å². The molecule has 0 radical (unpaired) electrons. The second-order valence-corrected chi connectivity index (χ2v) is 28.3. The van der Waals surface area contributed by atoms with Gasteiger partial charge in [-0.1, -0.05) is 157 Å². The number of rotatable bonds is 19. The molecule has 3 atom stereocenters. The Balaban J connectivity index is 0.000000328. The fourth-order valence-corrected chi connectivity index (χ4v) is 12.3. The number of nitrogens with one attached hydrogen (secondary N) is 1. The molecule has 4 aromatic carbocycles. The van der Waals surface area contributed by atoms with Crippen molar-refractivity contribution < 1.29 is 57.8 Å². The lowest BCUT2D eigenvalue weighted by molar-refractivity contribution is -0.138. The highest BCUT2D eigenvalue weighted by molar-refractivity contribution is 7.86. The quantitative estimate of drug-likeness (QED) is 0.0631. The molecule has 1 amide bonds. The number of likely N-dealkylation sites (tertiary alicyclic amines) is 1. The summed E-state index contributed by atoms with van der Waals surface area (Å²) in [6, 6.07) is 26.2. The molecule has 0 aliphatic carbocycles. The molecule has 3 unspecified atom stereocenters. The molecule has 10 nitrogen and oxygen atoms in total. The number of allylic oxidation sites excluding steroid dienone is 3. The maximum absolute atomic E-state index is 13.0. The summed E-state index contributed by atoms with van der Waals surface area (Å²) in [6.45, 7) is 32.3. The molecule has 4 N–H and O–H groups in total. The van der Waals surface area contributed by atoms with Crippen molar-refractivity contribution in [2.45, 2.75) is 188 Å². The van der Waals surface area contributed by atoms with Gasteiger partial charge < -0.3 is 16.2 Å². The van der Waals surface area contributed by atoms with Crippen molar-refractivity contribution in [3.05, 3.63) is 177 Å². The van der Waals surface area contributed by atoms with Gasteiger partial charge in [0.05, 0.1) is 28.8 Å². The number of halogens is 9. The zero-order valence-electron chi connectivity index (χ0n) is 55.1. The van der Waals surface area contributed by atoms with Gasteiger partial charge in [0.1, 0.15) is 0 Å². The molecular weight excluding hydrogens is 1180 g/mol. The maximum atomic E-state index is 13.0. The first-order valence-corrected chi connectivity index (χ1v) is 31.7. The lowest BCUT2D eigenvalue weighted by atomic mass is 9.77. The highest BCUT2D eigenvalue weighted by Crippen LogP contribution is 2.40. The van der Waals surface area contributed by atoms with Crippen molar-refractivity contribution >= 4 is 16.1 Å². The Morgan fingerprint density at radius 3 is 1.20 bits per heavy atom. The van der Waals surface area contributed by atoms with Crippen LogP contribution in [0.15, 0.2) is 138 Å². The number of amides is 1. The number of nitrogens with two attached hydrogens (primary N) is 1. The summed E-state index contributed by atoms with van der Waals surface area (Å²) < 4.78 is 140. The number of piperidine rings is 1. The zero-order chi connectivity index (χ0) is 67.7. The summed E-state index contributed by atoms with van der Waals surface area (Å²) in [5.74, 6) is 0.00995. The Hall–Kier alpha value is -5.35. The van der Waals surface area contributed by atoms with Crippen LogP contribution in [0.2, 0.25) is 0 Å². The Kier molecular flexibility index (Phi) is 28.7. The smallest absolute Gasteiger partial charge is 0.385 e. The van der Waals surface area contributed by atoms with E-state index < -0.39 is 51.0 Å². The number of aliphatic hydroxyl groups is 1. The summed E-state index contributed by atoms with van der Waals surface area (Å²) >= 11 is 0. The maximum Gasteiger partial charge on any atom is 0.416 e. The van der Waals surface area contributed by atoms with Crippen LogP contribution >= 0.6 is 0 Å². The van der Waals surface area contributed by atoms with Crippen molar-refractivity contribution in [3.63, 3.8) is 0 Å². The van der Waals surface area contributed by atoms with Gasteiger partial charge in [0.25, 0.3) is 10.2 Å². The van der Waals surface area contributed by atoms with E-state index in [9.17, 15) is 57.8 Å². The number of benzene rings is 4. The van der Waals surface area contributed by atoms with Crippen molar-refractivity contribution in [2.24, 2.45) is 5.73 Å². The summed E-state index contributed by atoms with van der Waals surface area (Å²) in [6.07, 6.45) is -3.06. The SMILES string of the molecule is CC(C)=CC(CC(C)(C)c1ccc(C(F)(F)F)cc1)N1CCC(O)(c2ccccc2)CC1.CC(C)=CC(CC(C)(C)c1ccc(C(F)(F)F)cc1)N1CCNC(=O)C1.CC(C)=CC(N)CC(C)(C)c1ccc(C(F)(F)F)cc1.CCN(CC)S(=O)(=O)N(C)C. The normalized spacial score (nSPS) is 16.4. The molecule has 6 rings (SSSR count). The Morgan fingerprint density at radius 1 is 0.562 bits per heavy atom. The van der Waals surface area contributed by atoms with Crippen LogP contribution in [-0.4, -0.2) is 116 Å². The highest BCUT2D eigenvalue weighted by Gasteiger charge is 2.39. The molecule has 0 aromatic heterocycles. The minimum Gasteiger partial charge on any atom is -0.385 e. The monoisotopic (exact) mass is 1280 g/mol. The molecule has 0 spiro atoms. The highest BCUT2D eigenvalue weighted by atomic mass is 32.2. The molecule has 4 aromatic rings. The van der Waals surface area contributed by atoms with Crippen molar-refractivity contribution in [1.82, 2.24) is 23.7 Å². The van der Waals surface area contributed by atoms with E-state index in [1.807, 2.05) is 106 Å². The number of piperazine rings is 1. The van der Waals surface area contributed by atoms with Crippen molar-refractivity contribution in [3.8, 4) is 0 Å². The van der Waals surface area contributed by atoms with E-state index in [1.54, 1.807) is 24.3 Å². The molecule has 0 saturated carbocycles. The Labute approximate surface area is 525 Å². The van der Waals surface area contributed by atoms with Crippen LogP contribution in [0.5, 0.6) is 0 Å². The third kappa shape index (κ3) is 24.7. The van der Waals surface area contributed by atoms with Crippen LogP contribution in [-0.2, 0) is 55.4 Å². The first-order chi connectivity index (χ1) is 40.9. The van der Waals surface area contributed by atoms with Gasteiger partial charge in [-0.2, -0.15) is 56.5 Å². The Bertz CT molecular complexity index is 3010. The second-order valence-electron chi connectivity index (χ2n) is 26.1. The largest absolute Gasteiger partial charge is 0.416 e. The van der Waals surface area contributed by atoms with Crippen LogP contribution in [0.25, 0.3) is 0 Å². The van der Waals surface area contributed by atoms with Gasteiger partial charge in [-0.05, 0) is 149 Å². The van der Waals surface area contributed by atoms with Crippen LogP contribution < -0.4 is 11.1 Å². The predicted octanol–water partition coefficient (Wildman–Crippen LogP) is 15.6. The van der Waals surface area contributed by atoms with Crippen molar-refractivity contribution in [1.29, 1.82) is 0 Å². The first-order valence-electron chi connectivity index (χ1n) is 30.3. The van der Waals surface area contributed by atoms with E-state index in [0.717, 1.165) is 90.1 Å². The third-order valence-corrected chi connectivity index (χ3v) is 18.3. The molecule has 2 fully saturated rings. The molecule has 0 bridgehead atoms. The van der Waals surface area contributed by atoms with Gasteiger partial charge in [-0.15, -0.1) is 0 Å². The number of nitrogens with zero attached hydrogens (tertiary/aromatic N) is 4. The number of alkyl halides is 9. The first kappa shape index (κ1) is 77.9. The van der Waals surface area contributed by atoms with Gasteiger partial charge in [0.2, 0.25) is 5.91 Å². The molecule has 2 aliphatic rings. The number of carbonyl (C=O) groups is 1. The van der Waals surface area contributed by atoms with Crippen LogP contribution in [0.4, 0.5) is 39.5 Å². The van der Waals surface area contributed by atoms with Gasteiger partial charge in [0.15, 0.2) is 0 Å². The molecule has 2 heterocycles. The van der Waals surface area contributed by atoms with Crippen molar-refractivity contribution in [2.75, 3.05) is 59.9 Å². The standard InChI is InChI=1S/C27H34F3NO.C20H27F3N2O.C16H22F3N.C6H16N2O2S/c1-20(2)18-24(19-25(3,4)21-10-12-23(13-11-21)27(28,29)30)31-16-14-26(32,15-17-31)22-8-6-5-7-9-22;1-14(2)11-17(25-10-9-24-18(26)13-25)12-19(3,4)15-5-7-16(8-6-15)20(21,22)23;1-11(2)9-14(20)10-15(3,4)12-5-7-13(8-6-12)16(17,18)19;1-5-8(6-2)11(9,10)7(3)4/h5-13,18,24,32H,14-17,19H2,1-4H3;5-8,11,17H,9-10,12-13H2,1-4H3,(H,24,26);5-9,14H,10,20H2,1-4H3;5-6H2,1-4H3. The third-order valence-electron chi connectivity index (χ3n) is 16.2. The predicted molar refractivity (Wildman–Crippen MR) is 342 cm³/mol. The average molecular weight is 1280 g/mol. The minimum absolute atomic E-state index is 0.00995. The average Bonchev–Trinajstić information content (AvgIpc) is 3.58. The van der Waals surface area contributed by atoms with Crippen LogP contribution in [0.3, 0.4) is 0 Å². The summed E-state index contributed by atoms with van der Waals surface area (Å²) in [5.41, 5.74) is 9.56. The van der Waals surface area contributed by atoms with E-state index in [-0.39, 0.29) is 40.3 Å². The lowest BCUT2D eigenvalue weighted by Gasteiger charge is -2.43. The van der Waals surface area contributed by atoms with Crippen LogP contribution in [0, 0.1) is 0 Å². The zero-order valence-corrected chi connectivity index (χ0v) is 55.9. The van der Waals surface area contributed by atoms with E-state index in [4.69, 9.17) is 5.73 Å². The van der Waals surface area contributed by atoms with E-state index in [0.29, 0.717) is 45.4 Å². The van der Waals surface area contributed by atoms with E-state index in [1.165, 1.54) is 52.5 Å². The van der Waals surface area contributed by atoms with E-state index in [2.05, 4.69) is 55.0 Å². The fraction of sp³-hybridized carbons (Fsp3) is 0.551. The number of hydrogen-bond donors (Lipinski definition) is 3. The molecule has 89 heavy (non-hydrogen) atoms. The minimum atomic E-state index is -4.32. The second kappa shape index (κ2) is 32.8. The molecular formula is C69H99F9N6O4S. The molecule has 498 valence electrons. The Morgan fingerprint density at radius 2 is 0.899 bits per heavy atom. The number of carbonyl (C=O) groups excluding carboxylic acids is 1. The molecule has 2 aliphatic heterocycles. The summed E-state index contributed by atoms with van der Waals surface area (Å²) in [5, 5.41) is 14.0. The van der Waals surface area contributed by atoms with E-state index >= 15 is 0 Å². The van der Waals surface area contributed by atoms with Crippen LogP contribution in [0.1, 0.15) is 168 Å². The lowest BCUT2D eigenvalue weighted by Crippen LogP contribution is -2.52. The molecule has 20 heteroatoms. The topological polar surface area (TPSA) is 122 Å². The summed E-state index contributed by atoms with van der Waals surface area (Å²) in [7, 11) is -0.102. The fourth-order valence-electron chi connectivity index (χ4n) is 11.1.